The molecule has 1 N–H and O–H groups in total. The fraction of sp³-hybridized carbons (Fsp3) is 0.250. The largest absolute Gasteiger partial charge is 0.494 e. The molecule has 6 nitrogen and oxygen atoms in total. The van der Waals surface area contributed by atoms with Gasteiger partial charge in [0, 0.05) is 6.54 Å². The number of ether oxygens (including phenoxy) is 1. The van der Waals surface area contributed by atoms with Crippen LogP contribution in [0.5, 0.6) is 5.75 Å². The molecule has 0 atom stereocenters. The van der Waals surface area contributed by atoms with Gasteiger partial charge in [0.1, 0.15) is 11.6 Å². The topological polar surface area (TPSA) is 69.0 Å². The summed E-state index contributed by atoms with van der Waals surface area (Å²) < 4.78 is 19.9. The fourth-order valence-electron chi connectivity index (χ4n) is 2.49. The van der Waals surface area contributed by atoms with E-state index in [1.165, 1.54) is 12.1 Å². The van der Waals surface area contributed by atoms with Crippen molar-refractivity contribution in [3.63, 3.8) is 0 Å². The Morgan fingerprint density at radius 2 is 1.85 bits per heavy atom. The second kappa shape index (κ2) is 9.47. The van der Waals surface area contributed by atoms with Gasteiger partial charge in [-0.2, -0.15) is 0 Å². The number of nitrogens with zero attached hydrogens (tertiary/aromatic N) is 3. The van der Waals surface area contributed by atoms with Crippen molar-refractivity contribution in [2.24, 2.45) is 0 Å². The highest BCUT2D eigenvalue weighted by atomic mass is 19.1. The van der Waals surface area contributed by atoms with Gasteiger partial charge in [0.05, 0.1) is 19.3 Å². The van der Waals surface area contributed by atoms with Crippen LogP contribution in [0.2, 0.25) is 0 Å². The number of rotatable bonds is 9. The summed E-state index contributed by atoms with van der Waals surface area (Å²) in [7, 11) is 0. The molecular weight excluding hydrogens is 347 g/mol. The number of benzene rings is 2. The van der Waals surface area contributed by atoms with Crippen molar-refractivity contribution in [1.82, 2.24) is 20.3 Å². The molecule has 0 aliphatic heterocycles. The molecule has 3 rings (SSSR count). The lowest BCUT2D eigenvalue weighted by Gasteiger charge is -2.06. The molecule has 0 aliphatic carbocycles. The maximum absolute atomic E-state index is 12.8. The highest BCUT2D eigenvalue weighted by molar-refractivity contribution is 5.91. The first-order chi connectivity index (χ1) is 13.2. The molecule has 1 amide bonds. The average Bonchev–Trinajstić information content (AvgIpc) is 3.15. The van der Waals surface area contributed by atoms with Gasteiger partial charge in [0.2, 0.25) is 0 Å². The predicted molar refractivity (Wildman–Crippen MR) is 99.0 cm³/mol. The number of hydrogen-bond acceptors (Lipinski definition) is 4. The van der Waals surface area contributed by atoms with Crippen molar-refractivity contribution >= 4 is 5.91 Å². The lowest BCUT2D eigenvalue weighted by atomic mass is 10.2. The first-order valence-corrected chi connectivity index (χ1v) is 8.81. The number of halogens is 1. The van der Waals surface area contributed by atoms with Gasteiger partial charge in [-0.05, 0) is 42.7 Å². The van der Waals surface area contributed by atoms with Crippen LogP contribution in [0, 0.1) is 5.82 Å². The third-order valence-corrected chi connectivity index (χ3v) is 3.90. The Kier molecular flexibility index (Phi) is 6.51. The third-order valence-electron chi connectivity index (χ3n) is 3.90. The molecule has 0 fully saturated rings. The third kappa shape index (κ3) is 5.91. The Labute approximate surface area is 157 Å². The minimum absolute atomic E-state index is 0.242. The van der Waals surface area contributed by atoms with Gasteiger partial charge in [-0.25, -0.2) is 9.07 Å². The summed E-state index contributed by atoms with van der Waals surface area (Å²) in [6.45, 7) is 1.60. The van der Waals surface area contributed by atoms with Crippen LogP contribution in [0.4, 0.5) is 4.39 Å². The lowest BCUT2D eigenvalue weighted by Crippen LogP contribution is -2.25. The second-order valence-corrected chi connectivity index (χ2v) is 6.05. The summed E-state index contributed by atoms with van der Waals surface area (Å²) in [4.78, 5) is 12.1. The second-order valence-electron chi connectivity index (χ2n) is 6.05. The first kappa shape index (κ1) is 18.6. The van der Waals surface area contributed by atoms with Gasteiger partial charge in [-0.15, -0.1) is 5.10 Å². The monoisotopic (exact) mass is 368 g/mol. The van der Waals surface area contributed by atoms with Crippen LogP contribution in [0.15, 0.2) is 60.8 Å². The van der Waals surface area contributed by atoms with Gasteiger partial charge in [-0.1, -0.05) is 35.5 Å². The van der Waals surface area contributed by atoms with Gasteiger partial charge in [0.15, 0.2) is 5.69 Å². The molecule has 1 aromatic heterocycles. The zero-order chi connectivity index (χ0) is 18.9. The van der Waals surface area contributed by atoms with E-state index in [9.17, 15) is 9.18 Å². The van der Waals surface area contributed by atoms with Crippen LogP contribution < -0.4 is 10.1 Å². The maximum Gasteiger partial charge on any atom is 0.273 e. The molecule has 27 heavy (non-hydrogen) atoms. The minimum atomic E-state index is -0.286. The number of nitrogens with one attached hydrogen (secondary N) is 1. The van der Waals surface area contributed by atoms with Crippen LogP contribution in [0.1, 0.15) is 28.9 Å². The van der Waals surface area contributed by atoms with E-state index in [1.807, 2.05) is 30.3 Å². The molecule has 0 saturated heterocycles. The van der Waals surface area contributed by atoms with E-state index in [2.05, 4.69) is 15.6 Å². The average molecular weight is 368 g/mol. The number of aromatic nitrogens is 3. The van der Waals surface area contributed by atoms with Crippen LogP contribution in [0.3, 0.4) is 0 Å². The standard InChI is InChI=1S/C20H21FN4O2/c21-17-8-10-18(11-9-17)27-13-5-4-12-22-20(26)19-15-25(24-23-19)14-16-6-2-1-3-7-16/h1-3,6-11,15H,4-5,12-14H2,(H,22,26). The Hall–Kier alpha value is -3.22. The minimum Gasteiger partial charge on any atom is -0.494 e. The van der Waals surface area contributed by atoms with Crippen molar-refractivity contribution < 1.29 is 13.9 Å². The molecular formula is C20H21FN4O2. The SMILES string of the molecule is O=C(NCCCCOc1ccc(F)cc1)c1cn(Cc2ccccc2)nn1. The molecule has 0 spiro atoms. The lowest BCUT2D eigenvalue weighted by molar-refractivity contribution is 0.0947. The van der Waals surface area contributed by atoms with Crippen LogP contribution in [-0.4, -0.2) is 34.1 Å². The molecule has 7 heteroatoms. The predicted octanol–water partition coefficient (Wildman–Crippen LogP) is 3.05. The Balaban J connectivity index is 1.34. The summed E-state index contributed by atoms with van der Waals surface area (Å²) in [5, 5.41) is 10.7. The van der Waals surface area contributed by atoms with Gasteiger partial charge in [-0.3, -0.25) is 4.79 Å². The smallest absolute Gasteiger partial charge is 0.273 e. The summed E-state index contributed by atoms with van der Waals surface area (Å²) in [6.07, 6.45) is 3.18. The van der Waals surface area contributed by atoms with Crippen LogP contribution in [0.25, 0.3) is 0 Å². The zero-order valence-corrected chi connectivity index (χ0v) is 14.8. The van der Waals surface area contributed by atoms with Crippen LogP contribution >= 0.6 is 0 Å². The highest BCUT2D eigenvalue weighted by Crippen LogP contribution is 2.11. The molecule has 0 bridgehead atoms. The highest BCUT2D eigenvalue weighted by Gasteiger charge is 2.10. The van der Waals surface area contributed by atoms with Crippen LogP contribution in [-0.2, 0) is 6.54 Å². The quantitative estimate of drug-likeness (QED) is 0.590. The Morgan fingerprint density at radius 3 is 2.63 bits per heavy atom. The van der Waals surface area contributed by atoms with Crippen molar-refractivity contribution in [1.29, 1.82) is 0 Å². The number of amides is 1. The molecule has 1 heterocycles. The van der Waals surface area contributed by atoms with E-state index in [1.54, 1.807) is 23.0 Å². The van der Waals surface area contributed by atoms with E-state index in [-0.39, 0.29) is 11.7 Å². The van der Waals surface area contributed by atoms with E-state index in [4.69, 9.17) is 4.74 Å². The van der Waals surface area contributed by atoms with Crippen molar-refractivity contribution in [3.8, 4) is 5.75 Å². The van der Waals surface area contributed by atoms with Crippen molar-refractivity contribution in [2.45, 2.75) is 19.4 Å². The first-order valence-electron chi connectivity index (χ1n) is 8.81. The summed E-state index contributed by atoms with van der Waals surface area (Å²) in [6, 6.07) is 15.8. The maximum atomic E-state index is 12.8. The molecule has 0 saturated carbocycles. The summed E-state index contributed by atoms with van der Waals surface area (Å²) in [5.41, 5.74) is 1.39. The number of carbonyl (C=O) groups excluding carboxylic acids is 1. The Bertz CT molecular complexity index is 850. The normalized spacial score (nSPS) is 10.6. The molecule has 0 radical (unpaired) electrons. The molecule has 3 aromatic rings. The zero-order valence-electron chi connectivity index (χ0n) is 14.8. The van der Waals surface area contributed by atoms with E-state index >= 15 is 0 Å². The number of unbranched alkanes of at least 4 members (excludes halogenated alkanes) is 1. The van der Waals surface area contributed by atoms with Gasteiger partial charge in [0.25, 0.3) is 5.91 Å². The summed E-state index contributed by atoms with van der Waals surface area (Å²) in [5.74, 6) is 0.106. The van der Waals surface area contributed by atoms with Gasteiger partial charge < -0.3 is 10.1 Å². The van der Waals surface area contributed by atoms with Crippen molar-refractivity contribution in [2.75, 3.05) is 13.2 Å². The molecule has 0 unspecified atom stereocenters. The Morgan fingerprint density at radius 1 is 1.07 bits per heavy atom. The molecule has 2 aromatic carbocycles. The fourth-order valence-corrected chi connectivity index (χ4v) is 2.49. The molecule has 0 aliphatic rings. The van der Waals surface area contributed by atoms with Gasteiger partial charge >= 0.3 is 0 Å². The van der Waals surface area contributed by atoms with Crippen molar-refractivity contribution in [3.05, 3.63) is 77.9 Å². The summed E-state index contributed by atoms with van der Waals surface area (Å²) >= 11 is 0. The van der Waals surface area contributed by atoms with E-state index in [0.717, 1.165) is 18.4 Å². The number of carbonyl (C=O) groups is 1. The van der Waals surface area contributed by atoms with E-state index in [0.29, 0.717) is 31.1 Å². The molecule has 140 valence electrons. The van der Waals surface area contributed by atoms with E-state index < -0.39 is 0 Å². The number of hydrogen-bond donors (Lipinski definition) is 1.